The Kier molecular flexibility index (Phi) is 8.79. The molecule has 0 aromatic heterocycles. The summed E-state index contributed by atoms with van der Waals surface area (Å²) in [7, 11) is 0. The van der Waals surface area contributed by atoms with E-state index >= 15 is 0 Å². The Morgan fingerprint density at radius 3 is 2.65 bits per heavy atom. The van der Waals surface area contributed by atoms with Crippen LogP contribution in [0.4, 0.5) is 0 Å². The number of hydrogen-bond acceptors (Lipinski definition) is 2. The Morgan fingerprint density at radius 1 is 1.20 bits per heavy atom. The van der Waals surface area contributed by atoms with Crippen molar-refractivity contribution in [2.75, 3.05) is 32.8 Å². The molecule has 1 N–H and O–H groups in total. The van der Waals surface area contributed by atoms with Crippen LogP contribution in [-0.4, -0.2) is 48.2 Å². The highest BCUT2D eigenvalue weighted by Crippen LogP contribution is 2.19. The molecule has 0 spiro atoms. The predicted octanol–water partition coefficient (Wildman–Crippen LogP) is 3.53. The molecule has 3 nitrogen and oxygen atoms in total. The summed E-state index contributed by atoms with van der Waals surface area (Å²) < 4.78 is 0.942. The quantitative estimate of drug-likeness (QED) is 0.351. The summed E-state index contributed by atoms with van der Waals surface area (Å²) in [6, 6.07) is 0. The lowest BCUT2D eigenvalue weighted by molar-refractivity contribution is -0.835. The number of aliphatic hydroxyl groups is 1. The number of rotatable bonds is 11. The molecule has 20 heavy (non-hydrogen) atoms. The number of amidine groups is 1. The topological polar surface area (TPSA) is 32.6 Å². The minimum Gasteiger partial charge on any atom is -0.390 e. The molecule has 1 atom stereocenters. The van der Waals surface area contributed by atoms with E-state index < -0.39 is 0 Å². The number of quaternary nitrogens is 1. The maximum absolute atomic E-state index is 9.28. The fourth-order valence-corrected chi connectivity index (χ4v) is 3.14. The van der Waals surface area contributed by atoms with E-state index in [0.29, 0.717) is 0 Å². The Hall–Kier alpha value is -0.670. The van der Waals surface area contributed by atoms with Crippen LogP contribution in [0.1, 0.15) is 58.8 Å². The van der Waals surface area contributed by atoms with Crippen molar-refractivity contribution in [1.82, 2.24) is 0 Å². The first-order valence-electron chi connectivity index (χ1n) is 8.41. The summed E-state index contributed by atoms with van der Waals surface area (Å²) in [5, 5.41) is 9.28. The zero-order chi connectivity index (χ0) is 14.7. The smallest absolute Gasteiger partial charge is 0.198 e. The minimum atomic E-state index is 0.276. The molecule has 0 radical (unpaired) electrons. The van der Waals surface area contributed by atoms with Crippen LogP contribution in [0.2, 0.25) is 0 Å². The third-order valence-electron chi connectivity index (χ3n) is 4.51. The highest BCUT2D eigenvalue weighted by molar-refractivity contribution is 5.76. The van der Waals surface area contributed by atoms with Crippen LogP contribution in [0.3, 0.4) is 0 Å². The number of nitrogens with zero attached hydrogens (tertiary/aromatic N) is 2. The summed E-state index contributed by atoms with van der Waals surface area (Å²) in [5.41, 5.74) is 0. The van der Waals surface area contributed by atoms with Gasteiger partial charge in [0.05, 0.1) is 19.7 Å². The third-order valence-corrected chi connectivity index (χ3v) is 4.51. The maximum Gasteiger partial charge on any atom is 0.198 e. The zero-order valence-electron chi connectivity index (χ0n) is 13.5. The van der Waals surface area contributed by atoms with E-state index in [9.17, 15) is 5.11 Å². The number of aliphatic imine (C=N–C) groups is 1. The second-order valence-corrected chi connectivity index (χ2v) is 5.81. The van der Waals surface area contributed by atoms with E-state index in [1.165, 1.54) is 44.4 Å². The average molecular weight is 281 g/mol. The lowest BCUT2D eigenvalue weighted by Crippen LogP contribution is -2.52. The lowest BCUT2D eigenvalue weighted by atomic mass is 10.1. The molecule has 1 aliphatic rings. The monoisotopic (exact) mass is 281 g/mol. The maximum atomic E-state index is 9.28. The molecule has 1 heterocycles. The van der Waals surface area contributed by atoms with Crippen LogP contribution < -0.4 is 0 Å². The number of allylic oxidation sites excluding steroid dienone is 2. The van der Waals surface area contributed by atoms with Gasteiger partial charge in [0.25, 0.3) is 0 Å². The van der Waals surface area contributed by atoms with E-state index in [1.807, 2.05) is 0 Å². The van der Waals surface area contributed by atoms with Crippen molar-refractivity contribution in [3.05, 3.63) is 12.2 Å². The lowest BCUT2D eigenvalue weighted by Gasteiger charge is -2.33. The molecule has 1 aliphatic heterocycles. The molecule has 1 unspecified atom stereocenters. The summed E-state index contributed by atoms with van der Waals surface area (Å²) in [4.78, 5) is 4.71. The number of aliphatic hydroxyl groups excluding tert-OH is 1. The molecule has 0 aromatic rings. The van der Waals surface area contributed by atoms with Crippen molar-refractivity contribution in [3.63, 3.8) is 0 Å². The Labute approximate surface area is 125 Å². The van der Waals surface area contributed by atoms with Crippen LogP contribution in [0.5, 0.6) is 0 Å². The van der Waals surface area contributed by atoms with Gasteiger partial charge < -0.3 is 5.11 Å². The van der Waals surface area contributed by atoms with E-state index in [1.54, 1.807) is 0 Å². The molecule has 116 valence electrons. The number of likely N-dealkylation sites (N-methyl/N-ethyl adjacent to an activating group) is 1. The molecule has 0 saturated carbocycles. The second-order valence-electron chi connectivity index (χ2n) is 5.81. The standard InChI is InChI=1S/C17H33N2O/c1-3-5-6-7-8-9-10-11-12-17-18-13-14-19(17,4-2)15-16-20/h3,5,20H,4,6-16H2,1-2H3/q+1/b5-3+. The summed E-state index contributed by atoms with van der Waals surface area (Å²) in [6.45, 7) is 8.55. The minimum absolute atomic E-state index is 0.276. The van der Waals surface area contributed by atoms with Crippen molar-refractivity contribution in [1.29, 1.82) is 0 Å². The van der Waals surface area contributed by atoms with Gasteiger partial charge in [-0.05, 0) is 33.1 Å². The molecule has 0 aromatic carbocycles. The number of hydrogen-bond donors (Lipinski definition) is 1. The van der Waals surface area contributed by atoms with Crippen LogP contribution in [0, 0.1) is 0 Å². The Balaban J connectivity index is 2.17. The second kappa shape index (κ2) is 10.1. The van der Waals surface area contributed by atoms with Gasteiger partial charge in [-0.1, -0.05) is 31.4 Å². The molecular weight excluding hydrogens is 248 g/mol. The first-order valence-corrected chi connectivity index (χ1v) is 8.41. The molecule has 0 saturated heterocycles. The summed E-state index contributed by atoms with van der Waals surface area (Å²) >= 11 is 0. The van der Waals surface area contributed by atoms with E-state index in [2.05, 4.69) is 26.0 Å². The first kappa shape index (κ1) is 17.4. The van der Waals surface area contributed by atoms with Gasteiger partial charge in [-0.2, -0.15) is 0 Å². The fourth-order valence-electron chi connectivity index (χ4n) is 3.14. The first-order chi connectivity index (χ1) is 9.79. The van der Waals surface area contributed by atoms with E-state index in [-0.39, 0.29) is 6.61 Å². The predicted molar refractivity (Wildman–Crippen MR) is 87.1 cm³/mol. The van der Waals surface area contributed by atoms with Gasteiger partial charge in [-0.15, -0.1) is 0 Å². The largest absolute Gasteiger partial charge is 0.390 e. The summed E-state index contributed by atoms with van der Waals surface area (Å²) in [6.07, 6.45) is 13.4. The number of unbranched alkanes of at least 4 members (excludes halogenated alkanes) is 5. The normalized spacial score (nSPS) is 22.6. The SMILES string of the molecule is C/C=C/CCCCCCCC1=NCC[N+]1(CC)CCO. The Morgan fingerprint density at radius 2 is 1.95 bits per heavy atom. The fraction of sp³-hybridized carbons (Fsp3) is 0.824. The highest BCUT2D eigenvalue weighted by atomic mass is 16.3. The zero-order valence-corrected chi connectivity index (χ0v) is 13.5. The van der Waals surface area contributed by atoms with Crippen LogP contribution in [-0.2, 0) is 0 Å². The average Bonchev–Trinajstić information content (AvgIpc) is 2.86. The van der Waals surface area contributed by atoms with Crippen LogP contribution >= 0.6 is 0 Å². The molecular formula is C17H33N2O+. The molecule has 1 rings (SSSR count). The van der Waals surface area contributed by atoms with Gasteiger partial charge in [0.15, 0.2) is 5.84 Å². The van der Waals surface area contributed by atoms with Crippen molar-refractivity contribution in [2.24, 2.45) is 4.99 Å². The Bertz CT molecular complexity index is 312. The third kappa shape index (κ3) is 5.37. The van der Waals surface area contributed by atoms with Gasteiger partial charge in [0.2, 0.25) is 0 Å². The van der Waals surface area contributed by atoms with E-state index in [4.69, 9.17) is 4.99 Å². The van der Waals surface area contributed by atoms with Crippen molar-refractivity contribution in [3.8, 4) is 0 Å². The molecule has 0 bridgehead atoms. The van der Waals surface area contributed by atoms with Gasteiger partial charge >= 0.3 is 0 Å². The highest BCUT2D eigenvalue weighted by Gasteiger charge is 2.35. The van der Waals surface area contributed by atoms with Crippen molar-refractivity contribution < 1.29 is 9.59 Å². The molecule has 0 aliphatic carbocycles. The molecule has 0 amide bonds. The van der Waals surface area contributed by atoms with Crippen LogP contribution in [0.25, 0.3) is 0 Å². The molecule has 3 heteroatoms. The van der Waals surface area contributed by atoms with Gasteiger partial charge in [0.1, 0.15) is 13.1 Å². The van der Waals surface area contributed by atoms with Gasteiger partial charge in [-0.25, -0.2) is 4.99 Å². The van der Waals surface area contributed by atoms with Crippen LogP contribution in [0.15, 0.2) is 17.1 Å². The van der Waals surface area contributed by atoms with Crippen molar-refractivity contribution >= 4 is 5.84 Å². The van der Waals surface area contributed by atoms with E-state index in [0.717, 1.165) is 37.1 Å². The van der Waals surface area contributed by atoms with Gasteiger partial charge in [-0.3, -0.25) is 4.48 Å². The molecule has 0 fully saturated rings. The van der Waals surface area contributed by atoms with Crippen molar-refractivity contribution in [2.45, 2.75) is 58.8 Å². The summed E-state index contributed by atoms with van der Waals surface area (Å²) in [5.74, 6) is 1.34. The van der Waals surface area contributed by atoms with Gasteiger partial charge in [0, 0.05) is 6.42 Å².